The topological polar surface area (TPSA) is 94.5 Å². The molecule has 0 bridgehead atoms. The molecule has 1 N–H and O–H groups in total. The molecular weight excluding hydrogens is 545 g/mol. The molecule has 2 atom stereocenters. The number of rotatable bonds is 6. The number of aldehydes is 1. The Morgan fingerprint density at radius 1 is 1.15 bits per heavy atom. The number of nitrogens with zero attached hydrogens (tertiary/aromatic N) is 1. The lowest BCUT2D eigenvalue weighted by Gasteiger charge is -2.24. The Morgan fingerprint density at radius 2 is 1.90 bits per heavy atom. The molecule has 0 radical (unpaired) electrons. The summed E-state index contributed by atoms with van der Waals surface area (Å²) < 4.78 is 71.3. The van der Waals surface area contributed by atoms with E-state index < -0.39 is 33.3 Å². The monoisotopic (exact) mass is 574 g/mol. The molecule has 11 heteroatoms. The Bertz CT molecular complexity index is 1640. The molecule has 6 rings (SSSR count). The quantitative estimate of drug-likeness (QED) is 0.383. The van der Waals surface area contributed by atoms with E-state index in [2.05, 4.69) is 4.57 Å². The standard InChI is InChI=1S/C29H29F3N2O5S/c1-39-19-8-10-20-22(12-19)23-13-28(23,15-35)14-34-24-11-18(27(36)33-40(37,38)16-29(30,31)32)7-9-21(24)25(26(20)34)17-5-3-2-4-6-17/h7-12,15,17,23H,2-6,13-14,16H2,1H3,(H,33,36). The first-order valence-corrected chi connectivity index (χ1v) is 15.0. The minimum Gasteiger partial charge on any atom is -0.497 e. The maximum absolute atomic E-state index is 12.9. The van der Waals surface area contributed by atoms with Crippen molar-refractivity contribution >= 4 is 33.1 Å². The first-order chi connectivity index (χ1) is 19.0. The van der Waals surface area contributed by atoms with E-state index in [-0.39, 0.29) is 17.4 Å². The summed E-state index contributed by atoms with van der Waals surface area (Å²) in [7, 11) is -3.33. The molecule has 2 heterocycles. The third kappa shape index (κ3) is 4.57. The predicted molar refractivity (Wildman–Crippen MR) is 143 cm³/mol. The number of ether oxygens (including phenoxy) is 1. The zero-order chi connectivity index (χ0) is 28.4. The fraction of sp³-hybridized carbons (Fsp3) is 0.448. The van der Waals surface area contributed by atoms with Gasteiger partial charge in [0.05, 0.1) is 18.2 Å². The Hall–Kier alpha value is -3.34. The molecule has 7 nitrogen and oxygen atoms in total. The van der Waals surface area contributed by atoms with Gasteiger partial charge < -0.3 is 14.1 Å². The largest absolute Gasteiger partial charge is 0.497 e. The molecule has 212 valence electrons. The van der Waals surface area contributed by atoms with Crippen LogP contribution in [0.1, 0.15) is 71.8 Å². The third-order valence-corrected chi connectivity index (χ3v) is 9.88. The van der Waals surface area contributed by atoms with Crippen molar-refractivity contribution in [2.24, 2.45) is 5.41 Å². The molecule has 3 aliphatic rings. The van der Waals surface area contributed by atoms with Crippen molar-refractivity contribution in [3.8, 4) is 17.0 Å². The van der Waals surface area contributed by atoms with Crippen LogP contribution in [0, 0.1) is 5.41 Å². The van der Waals surface area contributed by atoms with Crippen molar-refractivity contribution in [3.05, 3.63) is 53.1 Å². The number of nitrogens with one attached hydrogen (secondary N) is 1. The zero-order valence-corrected chi connectivity index (χ0v) is 22.7. The Labute approximate surface area is 229 Å². The second-order valence-electron chi connectivity index (χ2n) is 11.3. The van der Waals surface area contributed by atoms with Gasteiger partial charge in [0, 0.05) is 28.6 Å². The summed E-state index contributed by atoms with van der Waals surface area (Å²) in [4.78, 5) is 25.3. The fourth-order valence-electron chi connectivity index (χ4n) is 6.78. The van der Waals surface area contributed by atoms with Crippen LogP contribution in [0.3, 0.4) is 0 Å². The number of benzene rings is 2. The number of hydrogen-bond donors (Lipinski definition) is 1. The van der Waals surface area contributed by atoms with Gasteiger partial charge in [-0.3, -0.25) is 4.79 Å². The average Bonchev–Trinajstić information content (AvgIpc) is 3.56. The minimum atomic E-state index is -4.98. The molecule has 2 saturated carbocycles. The summed E-state index contributed by atoms with van der Waals surface area (Å²) in [6, 6.07) is 10.7. The van der Waals surface area contributed by atoms with Crippen molar-refractivity contribution in [3.63, 3.8) is 0 Å². The molecule has 2 unspecified atom stereocenters. The number of carbonyl (C=O) groups excluding carboxylic acids is 2. The van der Waals surface area contributed by atoms with Gasteiger partial charge in [-0.15, -0.1) is 0 Å². The smallest absolute Gasteiger partial charge is 0.404 e. The number of methoxy groups -OCH3 is 1. The van der Waals surface area contributed by atoms with Crippen molar-refractivity contribution in [1.82, 2.24) is 9.29 Å². The van der Waals surface area contributed by atoms with Crippen LogP contribution in [-0.4, -0.2) is 44.2 Å². The summed E-state index contributed by atoms with van der Waals surface area (Å²) in [5.41, 5.74) is 4.13. The highest BCUT2D eigenvalue weighted by Gasteiger charge is 2.58. The van der Waals surface area contributed by atoms with E-state index >= 15 is 0 Å². The summed E-state index contributed by atoms with van der Waals surface area (Å²) >= 11 is 0. The van der Waals surface area contributed by atoms with Crippen LogP contribution in [0.5, 0.6) is 5.75 Å². The number of carbonyl (C=O) groups is 2. The van der Waals surface area contributed by atoms with Crippen LogP contribution < -0.4 is 9.46 Å². The van der Waals surface area contributed by atoms with E-state index in [9.17, 15) is 31.2 Å². The highest BCUT2D eigenvalue weighted by molar-refractivity contribution is 7.90. The second kappa shape index (κ2) is 9.36. The number of fused-ring (bicyclic) bond motifs is 7. The van der Waals surface area contributed by atoms with Gasteiger partial charge in [0.1, 0.15) is 12.0 Å². The minimum absolute atomic E-state index is 0.0169. The number of halogens is 3. The third-order valence-electron chi connectivity index (χ3n) is 8.68. The van der Waals surface area contributed by atoms with Crippen molar-refractivity contribution < 1.29 is 35.9 Å². The van der Waals surface area contributed by atoms with Gasteiger partial charge in [0.15, 0.2) is 5.75 Å². The van der Waals surface area contributed by atoms with E-state index in [0.717, 1.165) is 66.2 Å². The second-order valence-corrected chi connectivity index (χ2v) is 13.0. The molecule has 1 amide bonds. The van der Waals surface area contributed by atoms with E-state index in [0.29, 0.717) is 24.2 Å². The average molecular weight is 575 g/mol. The molecule has 2 aromatic carbocycles. The van der Waals surface area contributed by atoms with E-state index in [1.807, 2.05) is 18.2 Å². The van der Waals surface area contributed by atoms with Crippen LogP contribution >= 0.6 is 0 Å². The number of alkyl halides is 3. The SMILES string of the molecule is COc1ccc2c(c1)C1CC1(C=O)Cn1c-2c(C2CCCCC2)c2ccc(C(=O)NS(=O)(=O)CC(F)(F)F)cc21. The van der Waals surface area contributed by atoms with Gasteiger partial charge >= 0.3 is 6.18 Å². The molecular formula is C29H29F3N2O5S. The van der Waals surface area contributed by atoms with Crippen molar-refractivity contribution in [2.75, 3.05) is 12.9 Å². The highest BCUT2D eigenvalue weighted by atomic mass is 32.2. The number of amides is 1. The summed E-state index contributed by atoms with van der Waals surface area (Å²) in [6.45, 7) is 0.383. The number of sulfonamides is 1. The lowest BCUT2D eigenvalue weighted by molar-refractivity contribution is -0.112. The van der Waals surface area contributed by atoms with Gasteiger partial charge in [-0.25, -0.2) is 13.1 Å². The molecule has 1 aliphatic heterocycles. The van der Waals surface area contributed by atoms with Gasteiger partial charge in [0.2, 0.25) is 10.0 Å². The van der Waals surface area contributed by atoms with Crippen LogP contribution in [0.2, 0.25) is 0 Å². The number of aromatic nitrogens is 1. The Morgan fingerprint density at radius 3 is 2.58 bits per heavy atom. The zero-order valence-electron chi connectivity index (χ0n) is 21.9. The van der Waals surface area contributed by atoms with E-state index in [1.165, 1.54) is 12.1 Å². The fourth-order valence-corrected chi connectivity index (χ4v) is 7.68. The lowest BCUT2D eigenvalue weighted by atomic mass is 9.81. The van der Waals surface area contributed by atoms with E-state index in [4.69, 9.17) is 4.74 Å². The van der Waals surface area contributed by atoms with Gasteiger partial charge in [-0.1, -0.05) is 25.3 Å². The lowest BCUT2D eigenvalue weighted by Crippen LogP contribution is -2.37. The highest BCUT2D eigenvalue weighted by Crippen LogP contribution is 2.64. The molecule has 0 saturated heterocycles. The molecule has 2 aliphatic carbocycles. The Kier molecular flexibility index (Phi) is 6.28. The van der Waals surface area contributed by atoms with Gasteiger partial charge in [0.25, 0.3) is 5.91 Å². The van der Waals surface area contributed by atoms with Crippen molar-refractivity contribution in [1.29, 1.82) is 0 Å². The summed E-state index contributed by atoms with van der Waals surface area (Å²) in [5, 5.41) is 0.901. The summed E-state index contributed by atoms with van der Waals surface area (Å²) in [6.07, 6.45) is 2.02. The van der Waals surface area contributed by atoms with Gasteiger partial charge in [-0.2, -0.15) is 13.2 Å². The maximum atomic E-state index is 12.9. The van der Waals surface area contributed by atoms with Crippen LogP contribution in [0.4, 0.5) is 13.2 Å². The molecule has 3 aromatic rings. The molecule has 1 aromatic heterocycles. The van der Waals surface area contributed by atoms with Crippen LogP contribution in [-0.2, 0) is 21.4 Å². The molecule has 0 spiro atoms. The normalized spacial score (nSPS) is 22.6. The molecule has 2 fully saturated rings. The predicted octanol–water partition coefficient (Wildman–Crippen LogP) is 5.67. The van der Waals surface area contributed by atoms with Crippen LogP contribution in [0.15, 0.2) is 36.4 Å². The van der Waals surface area contributed by atoms with Crippen molar-refractivity contribution in [2.45, 2.75) is 63.1 Å². The van der Waals surface area contributed by atoms with E-state index in [1.54, 1.807) is 17.9 Å². The first kappa shape index (κ1) is 26.9. The Balaban J connectivity index is 1.54. The maximum Gasteiger partial charge on any atom is 0.404 e. The van der Waals surface area contributed by atoms with Gasteiger partial charge in [-0.05, 0) is 72.6 Å². The summed E-state index contributed by atoms with van der Waals surface area (Å²) in [5.74, 6) is -2.30. The van der Waals surface area contributed by atoms with Crippen LogP contribution in [0.25, 0.3) is 22.2 Å². The molecule has 40 heavy (non-hydrogen) atoms. The first-order valence-electron chi connectivity index (χ1n) is 13.4. The number of hydrogen-bond acceptors (Lipinski definition) is 5.